The predicted octanol–water partition coefficient (Wildman–Crippen LogP) is 3.62. The Morgan fingerprint density at radius 2 is 2.07 bits per heavy atom. The van der Waals surface area contributed by atoms with Gasteiger partial charge in [0.1, 0.15) is 11.5 Å². The minimum Gasteiger partial charge on any atom is -0.497 e. The fourth-order valence-corrected chi connectivity index (χ4v) is 1.63. The van der Waals surface area contributed by atoms with Gasteiger partial charge in [0.15, 0.2) is 0 Å². The molecule has 0 aliphatic rings. The standard InChI is InChI=1S/C12H17BrO2/c1-9(2)8-15-12-6-11(14-3)5-4-10(12)7-13/h4-6,9H,7-8H2,1-3H3. The van der Waals surface area contributed by atoms with E-state index >= 15 is 0 Å². The fraction of sp³-hybridized carbons (Fsp3) is 0.500. The largest absolute Gasteiger partial charge is 0.497 e. The first-order valence-corrected chi connectivity index (χ1v) is 6.15. The summed E-state index contributed by atoms with van der Waals surface area (Å²) in [6.45, 7) is 5.00. The second-order valence-corrected chi connectivity index (χ2v) is 4.37. The quantitative estimate of drug-likeness (QED) is 0.763. The maximum Gasteiger partial charge on any atom is 0.127 e. The van der Waals surface area contributed by atoms with Gasteiger partial charge in [0.05, 0.1) is 13.7 Å². The molecule has 0 saturated carbocycles. The lowest BCUT2D eigenvalue weighted by atomic mass is 10.2. The molecule has 0 atom stereocenters. The zero-order chi connectivity index (χ0) is 11.3. The van der Waals surface area contributed by atoms with Crippen molar-refractivity contribution in [3.8, 4) is 11.5 Å². The number of benzene rings is 1. The average molecular weight is 273 g/mol. The van der Waals surface area contributed by atoms with E-state index in [1.165, 1.54) is 0 Å². The van der Waals surface area contributed by atoms with Crippen molar-refractivity contribution in [2.45, 2.75) is 19.2 Å². The van der Waals surface area contributed by atoms with E-state index in [0.717, 1.165) is 29.0 Å². The van der Waals surface area contributed by atoms with E-state index in [-0.39, 0.29) is 0 Å². The van der Waals surface area contributed by atoms with Crippen LogP contribution in [0, 0.1) is 5.92 Å². The summed E-state index contributed by atoms with van der Waals surface area (Å²) in [4.78, 5) is 0. The van der Waals surface area contributed by atoms with Gasteiger partial charge in [-0.15, -0.1) is 0 Å². The summed E-state index contributed by atoms with van der Waals surface area (Å²) in [5.74, 6) is 2.26. The molecule has 0 N–H and O–H groups in total. The van der Waals surface area contributed by atoms with Crippen LogP contribution in [0.15, 0.2) is 18.2 Å². The maximum absolute atomic E-state index is 5.72. The Kier molecular flexibility index (Phi) is 4.95. The second kappa shape index (κ2) is 6.01. The van der Waals surface area contributed by atoms with Gasteiger partial charge < -0.3 is 9.47 Å². The lowest BCUT2D eigenvalue weighted by Crippen LogP contribution is -2.06. The minimum atomic E-state index is 0.527. The van der Waals surface area contributed by atoms with Crippen molar-refractivity contribution in [2.24, 2.45) is 5.92 Å². The molecule has 0 saturated heterocycles. The van der Waals surface area contributed by atoms with Crippen molar-refractivity contribution in [1.29, 1.82) is 0 Å². The van der Waals surface area contributed by atoms with Crippen molar-refractivity contribution in [1.82, 2.24) is 0 Å². The minimum absolute atomic E-state index is 0.527. The molecule has 0 amide bonds. The van der Waals surface area contributed by atoms with E-state index < -0.39 is 0 Å². The van der Waals surface area contributed by atoms with Crippen LogP contribution in [0.25, 0.3) is 0 Å². The van der Waals surface area contributed by atoms with Crippen LogP contribution in [0.4, 0.5) is 0 Å². The van der Waals surface area contributed by atoms with Crippen LogP contribution in [0.5, 0.6) is 11.5 Å². The van der Waals surface area contributed by atoms with Gasteiger partial charge in [-0.1, -0.05) is 35.8 Å². The number of ether oxygens (including phenoxy) is 2. The van der Waals surface area contributed by atoms with Crippen molar-refractivity contribution < 1.29 is 9.47 Å². The van der Waals surface area contributed by atoms with Gasteiger partial charge in [-0.3, -0.25) is 0 Å². The van der Waals surface area contributed by atoms with E-state index in [0.29, 0.717) is 5.92 Å². The fourth-order valence-electron chi connectivity index (χ4n) is 1.16. The van der Waals surface area contributed by atoms with Gasteiger partial charge in [0.25, 0.3) is 0 Å². The van der Waals surface area contributed by atoms with E-state index in [1.54, 1.807) is 7.11 Å². The van der Waals surface area contributed by atoms with E-state index in [2.05, 4.69) is 29.8 Å². The van der Waals surface area contributed by atoms with Gasteiger partial charge in [0.2, 0.25) is 0 Å². The molecule has 1 aromatic rings. The summed E-state index contributed by atoms with van der Waals surface area (Å²) in [5, 5.41) is 0.796. The summed E-state index contributed by atoms with van der Waals surface area (Å²) < 4.78 is 10.9. The molecular formula is C12H17BrO2. The van der Waals surface area contributed by atoms with E-state index in [1.807, 2.05) is 18.2 Å². The normalized spacial score (nSPS) is 10.5. The van der Waals surface area contributed by atoms with Crippen molar-refractivity contribution in [2.75, 3.05) is 13.7 Å². The molecule has 0 aromatic heterocycles. The highest BCUT2D eigenvalue weighted by Gasteiger charge is 2.05. The Hall–Kier alpha value is -0.700. The highest BCUT2D eigenvalue weighted by atomic mass is 79.9. The first-order valence-electron chi connectivity index (χ1n) is 5.03. The zero-order valence-corrected chi connectivity index (χ0v) is 11.0. The maximum atomic E-state index is 5.72. The van der Waals surface area contributed by atoms with Gasteiger partial charge in [-0.25, -0.2) is 0 Å². The molecule has 0 fully saturated rings. The Morgan fingerprint density at radius 1 is 1.33 bits per heavy atom. The number of hydrogen-bond acceptors (Lipinski definition) is 2. The second-order valence-electron chi connectivity index (χ2n) is 3.81. The Balaban J connectivity index is 2.81. The number of halogens is 1. The first-order chi connectivity index (χ1) is 7.17. The number of rotatable bonds is 5. The molecule has 0 unspecified atom stereocenters. The Morgan fingerprint density at radius 3 is 2.60 bits per heavy atom. The Bertz CT molecular complexity index is 310. The average Bonchev–Trinajstić information content (AvgIpc) is 2.25. The summed E-state index contributed by atoms with van der Waals surface area (Å²) >= 11 is 3.44. The van der Waals surface area contributed by atoms with Gasteiger partial charge in [-0.05, 0) is 12.0 Å². The molecule has 0 bridgehead atoms. The molecular weight excluding hydrogens is 256 g/mol. The SMILES string of the molecule is COc1ccc(CBr)c(OCC(C)C)c1. The molecule has 0 radical (unpaired) electrons. The van der Waals surface area contributed by atoms with Crippen LogP contribution >= 0.6 is 15.9 Å². The Labute approximate surface area is 99.7 Å². The third kappa shape index (κ3) is 3.74. The van der Waals surface area contributed by atoms with E-state index in [4.69, 9.17) is 9.47 Å². The zero-order valence-electron chi connectivity index (χ0n) is 9.42. The predicted molar refractivity (Wildman–Crippen MR) is 66.0 cm³/mol. The number of hydrogen-bond donors (Lipinski definition) is 0. The lowest BCUT2D eigenvalue weighted by Gasteiger charge is -2.13. The monoisotopic (exact) mass is 272 g/mol. The molecule has 2 nitrogen and oxygen atoms in total. The van der Waals surface area contributed by atoms with Gasteiger partial charge in [0, 0.05) is 17.0 Å². The lowest BCUT2D eigenvalue weighted by molar-refractivity contribution is 0.268. The van der Waals surface area contributed by atoms with Gasteiger partial charge in [-0.2, -0.15) is 0 Å². The topological polar surface area (TPSA) is 18.5 Å². The third-order valence-corrected chi connectivity index (χ3v) is 2.59. The molecule has 0 aliphatic heterocycles. The first kappa shape index (κ1) is 12.4. The summed E-state index contributed by atoms with van der Waals surface area (Å²) in [7, 11) is 1.66. The van der Waals surface area contributed by atoms with Crippen LogP contribution in [0.2, 0.25) is 0 Å². The van der Waals surface area contributed by atoms with E-state index in [9.17, 15) is 0 Å². The molecule has 1 aromatic carbocycles. The van der Waals surface area contributed by atoms with Crippen LogP contribution in [0.3, 0.4) is 0 Å². The third-order valence-electron chi connectivity index (χ3n) is 1.99. The number of alkyl halides is 1. The van der Waals surface area contributed by atoms with Crippen molar-refractivity contribution in [3.63, 3.8) is 0 Å². The highest BCUT2D eigenvalue weighted by molar-refractivity contribution is 9.08. The van der Waals surface area contributed by atoms with Crippen molar-refractivity contribution in [3.05, 3.63) is 23.8 Å². The van der Waals surface area contributed by atoms with Crippen LogP contribution < -0.4 is 9.47 Å². The molecule has 15 heavy (non-hydrogen) atoms. The smallest absolute Gasteiger partial charge is 0.127 e. The molecule has 1 rings (SSSR count). The highest BCUT2D eigenvalue weighted by Crippen LogP contribution is 2.26. The van der Waals surface area contributed by atoms with Crippen LogP contribution in [-0.4, -0.2) is 13.7 Å². The molecule has 3 heteroatoms. The van der Waals surface area contributed by atoms with Gasteiger partial charge >= 0.3 is 0 Å². The van der Waals surface area contributed by atoms with Crippen LogP contribution in [0.1, 0.15) is 19.4 Å². The van der Waals surface area contributed by atoms with Crippen LogP contribution in [-0.2, 0) is 5.33 Å². The molecule has 84 valence electrons. The summed E-state index contributed by atoms with van der Waals surface area (Å²) in [6.07, 6.45) is 0. The molecule has 0 spiro atoms. The van der Waals surface area contributed by atoms with Crippen molar-refractivity contribution >= 4 is 15.9 Å². The molecule has 0 heterocycles. The summed E-state index contributed by atoms with van der Waals surface area (Å²) in [6, 6.07) is 5.89. The molecule has 0 aliphatic carbocycles. The number of methoxy groups -OCH3 is 1. The summed E-state index contributed by atoms with van der Waals surface area (Å²) in [5.41, 5.74) is 1.15.